The van der Waals surface area contributed by atoms with Crippen molar-refractivity contribution in [2.75, 3.05) is 33.4 Å². The molecule has 0 amide bonds. The summed E-state index contributed by atoms with van der Waals surface area (Å²) in [6, 6.07) is 16.4. The molecule has 2 unspecified atom stereocenters. The zero-order valence-electron chi connectivity index (χ0n) is 18.3. The van der Waals surface area contributed by atoms with Crippen molar-refractivity contribution in [2.45, 2.75) is 49.1 Å². The lowest BCUT2D eigenvalue weighted by atomic mass is 9.97. The van der Waals surface area contributed by atoms with Crippen molar-refractivity contribution < 1.29 is 17.9 Å². The SMILES string of the molecule is COc1cccc([C@@H](C)NC2CCC(c3ccc(S(=O)(=O)N4CCOCC4)cc3)C2)c1. The van der Waals surface area contributed by atoms with Crippen molar-refractivity contribution in [1.29, 1.82) is 0 Å². The first-order valence-corrected chi connectivity index (χ1v) is 12.5. The number of hydrogen-bond acceptors (Lipinski definition) is 5. The van der Waals surface area contributed by atoms with Gasteiger partial charge in [-0.25, -0.2) is 8.42 Å². The van der Waals surface area contributed by atoms with Crippen molar-refractivity contribution in [3.63, 3.8) is 0 Å². The molecule has 2 aromatic rings. The highest BCUT2D eigenvalue weighted by Gasteiger charge is 2.29. The highest BCUT2D eigenvalue weighted by atomic mass is 32.2. The maximum atomic E-state index is 12.8. The van der Waals surface area contributed by atoms with Crippen LogP contribution in [0.5, 0.6) is 5.75 Å². The van der Waals surface area contributed by atoms with E-state index in [0.717, 1.165) is 25.0 Å². The van der Waals surface area contributed by atoms with E-state index in [4.69, 9.17) is 9.47 Å². The van der Waals surface area contributed by atoms with Crippen LogP contribution in [0.2, 0.25) is 0 Å². The molecule has 1 aliphatic heterocycles. The third-order valence-electron chi connectivity index (χ3n) is 6.47. The molecule has 1 saturated heterocycles. The van der Waals surface area contributed by atoms with Crippen molar-refractivity contribution in [2.24, 2.45) is 0 Å². The summed E-state index contributed by atoms with van der Waals surface area (Å²) in [5, 5.41) is 3.75. The van der Waals surface area contributed by atoms with Gasteiger partial charge in [0.25, 0.3) is 0 Å². The summed E-state index contributed by atoms with van der Waals surface area (Å²) in [4.78, 5) is 0.373. The number of rotatable bonds is 7. The first-order chi connectivity index (χ1) is 15.0. The minimum atomic E-state index is -3.43. The zero-order chi connectivity index (χ0) is 21.8. The highest BCUT2D eigenvalue weighted by molar-refractivity contribution is 7.89. The molecule has 1 N–H and O–H groups in total. The second-order valence-corrected chi connectivity index (χ2v) is 10.4. The van der Waals surface area contributed by atoms with Crippen LogP contribution >= 0.6 is 0 Å². The Labute approximate surface area is 185 Å². The van der Waals surface area contributed by atoms with E-state index in [1.165, 1.54) is 15.4 Å². The van der Waals surface area contributed by atoms with Gasteiger partial charge in [-0.1, -0.05) is 24.3 Å². The molecule has 1 heterocycles. The Bertz CT molecular complexity index is 971. The van der Waals surface area contributed by atoms with E-state index in [1.807, 2.05) is 24.3 Å². The molecule has 2 fully saturated rings. The second kappa shape index (κ2) is 9.69. The van der Waals surface area contributed by atoms with Crippen LogP contribution in [0.4, 0.5) is 0 Å². The second-order valence-electron chi connectivity index (χ2n) is 8.46. The lowest BCUT2D eigenvalue weighted by molar-refractivity contribution is 0.0730. The van der Waals surface area contributed by atoms with Gasteiger partial charge in [0, 0.05) is 25.2 Å². The van der Waals surface area contributed by atoms with Gasteiger partial charge in [-0.05, 0) is 67.5 Å². The molecule has 0 radical (unpaired) electrons. The molecule has 0 bridgehead atoms. The molecule has 31 heavy (non-hydrogen) atoms. The standard InChI is InChI=1S/C24H32N2O4S/c1-18(20-4-3-5-23(17-20)29-2)25-22-9-6-21(16-22)19-7-10-24(11-8-19)31(27,28)26-12-14-30-15-13-26/h3-5,7-8,10-11,17-18,21-22,25H,6,9,12-16H2,1-2H3/t18-,21?,22?/m1/s1. The molecule has 1 saturated carbocycles. The Balaban J connectivity index is 1.36. The van der Waals surface area contributed by atoms with Crippen molar-refractivity contribution in [1.82, 2.24) is 9.62 Å². The summed E-state index contributed by atoms with van der Waals surface area (Å²) in [7, 11) is -1.74. The molecule has 2 aromatic carbocycles. The van der Waals surface area contributed by atoms with Gasteiger partial charge in [0.05, 0.1) is 25.2 Å². The minimum Gasteiger partial charge on any atom is -0.497 e. The summed E-state index contributed by atoms with van der Waals surface area (Å²) < 4.78 is 37.8. The fraction of sp³-hybridized carbons (Fsp3) is 0.500. The van der Waals surface area contributed by atoms with Crippen molar-refractivity contribution in [3.05, 3.63) is 59.7 Å². The number of sulfonamides is 1. The van der Waals surface area contributed by atoms with Gasteiger partial charge in [-0.2, -0.15) is 4.31 Å². The molecule has 4 rings (SSSR count). The average molecular weight is 445 g/mol. The first-order valence-electron chi connectivity index (χ1n) is 11.0. The van der Waals surface area contributed by atoms with Crippen LogP contribution in [0.1, 0.15) is 49.3 Å². The molecular formula is C24H32N2O4S. The molecule has 0 spiro atoms. The maximum absolute atomic E-state index is 12.8. The quantitative estimate of drug-likeness (QED) is 0.705. The predicted octanol–water partition coefficient (Wildman–Crippen LogP) is 3.70. The normalized spacial score (nSPS) is 23.5. The minimum absolute atomic E-state index is 0.250. The van der Waals surface area contributed by atoms with Crippen LogP contribution < -0.4 is 10.1 Å². The largest absolute Gasteiger partial charge is 0.497 e. The Hall–Kier alpha value is -1.93. The van der Waals surface area contributed by atoms with Gasteiger partial charge in [0.1, 0.15) is 5.75 Å². The smallest absolute Gasteiger partial charge is 0.243 e. The number of ether oxygens (including phenoxy) is 2. The molecule has 2 aliphatic rings. The number of benzene rings is 2. The van der Waals surface area contributed by atoms with Gasteiger partial charge in [0.15, 0.2) is 0 Å². The Morgan fingerprint density at radius 3 is 2.55 bits per heavy atom. The molecule has 6 nitrogen and oxygen atoms in total. The van der Waals surface area contributed by atoms with Crippen LogP contribution in [0.25, 0.3) is 0 Å². The van der Waals surface area contributed by atoms with E-state index in [-0.39, 0.29) is 6.04 Å². The van der Waals surface area contributed by atoms with Crippen molar-refractivity contribution in [3.8, 4) is 5.75 Å². The Kier molecular flexibility index (Phi) is 6.96. The van der Waals surface area contributed by atoms with Gasteiger partial charge >= 0.3 is 0 Å². The van der Waals surface area contributed by atoms with E-state index >= 15 is 0 Å². The number of hydrogen-bond donors (Lipinski definition) is 1. The lowest BCUT2D eigenvalue weighted by Gasteiger charge is -2.26. The Morgan fingerprint density at radius 1 is 1.10 bits per heavy atom. The fourth-order valence-electron chi connectivity index (χ4n) is 4.64. The average Bonchev–Trinajstić information content (AvgIpc) is 3.28. The van der Waals surface area contributed by atoms with Crippen LogP contribution in [0, 0.1) is 0 Å². The van der Waals surface area contributed by atoms with Gasteiger partial charge in [0.2, 0.25) is 10.0 Å². The van der Waals surface area contributed by atoms with E-state index in [2.05, 4.69) is 24.4 Å². The molecule has 7 heteroatoms. The zero-order valence-corrected chi connectivity index (χ0v) is 19.1. The summed E-state index contributed by atoms with van der Waals surface area (Å²) in [5.41, 5.74) is 2.44. The monoisotopic (exact) mass is 444 g/mol. The number of nitrogens with one attached hydrogen (secondary N) is 1. The number of nitrogens with zero attached hydrogens (tertiary/aromatic N) is 1. The molecule has 3 atom stereocenters. The van der Waals surface area contributed by atoms with E-state index in [0.29, 0.717) is 43.2 Å². The van der Waals surface area contributed by atoms with E-state index in [1.54, 1.807) is 19.2 Å². The third-order valence-corrected chi connectivity index (χ3v) is 8.38. The summed E-state index contributed by atoms with van der Waals surface area (Å²) in [6.45, 7) is 3.95. The van der Waals surface area contributed by atoms with E-state index in [9.17, 15) is 8.42 Å². The molecule has 0 aromatic heterocycles. The predicted molar refractivity (Wildman–Crippen MR) is 121 cm³/mol. The van der Waals surface area contributed by atoms with Crippen LogP contribution in [0.3, 0.4) is 0 Å². The molecule has 168 valence electrons. The lowest BCUT2D eigenvalue weighted by Crippen LogP contribution is -2.40. The van der Waals surface area contributed by atoms with Gasteiger partial charge in [-0.3, -0.25) is 0 Å². The summed E-state index contributed by atoms with van der Waals surface area (Å²) in [6.07, 6.45) is 3.29. The molecular weight excluding hydrogens is 412 g/mol. The number of methoxy groups -OCH3 is 1. The highest BCUT2D eigenvalue weighted by Crippen LogP contribution is 2.36. The summed E-state index contributed by atoms with van der Waals surface area (Å²) in [5.74, 6) is 1.33. The molecule has 1 aliphatic carbocycles. The van der Waals surface area contributed by atoms with Gasteiger partial charge < -0.3 is 14.8 Å². The third kappa shape index (κ3) is 5.12. The summed E-state index contributed by atoms with van der Waals surface area (Å²) >= 11 is 0. The topological polar surface area (TPSA) is 67.9 Å². The van der Waals surface area contributed by atoms with Crippen LogP contribution in [-0.4, -0.2) is 52.2 Å². The first kappa shape index (κ1) is 22.3. The van der Waals surface area contributed by atoms with E-state index < -0.39 is 10.0 Å². The van der Waals surface area contributed by atoms with Gasteiger partial charge in [-0.15, -0.1) is 0 Å². The van der Waals surface area contributed by atoms with Crippen LogP contribution in [0.15, 0.2) is 53.4 Å². The number of morpholine rings is 1. The fourth-order valence-corrected chi connectivity index (χ4v) is 6.05. The van der Waals surface area contributed by atoms with Crippen molar-refractivity contribution >= 4 is 10.0 Å². The maximum Gasteiger partial charge on any atom is 0.243 e. The van der Waals surface area contributed by atoms with Crippen LogP contribution in [-0.2, 0) is 14.8 Å². The Morgan fingerprint density at radius 2 is 1.84 bits per heavy atom.